The highest BCUT2D eigenvalue weighted by Crippen LogP contribution is 2.30. The first-order valence-corrected chi connectivity index (χ1v) is 6.37. The fourth-order valence-electron chi connectivity index (χ4n) is 1.17. The molecule has 0 amide bonds. The van der Waals surface area contributed by atoms with Crippen molar-refractivity contribution in [3.63, 3.8) is 0 Å². The molecule has 0 aliphatic carbocycles. The van der Waals surface area contributed by atoms with Crippen molar-refractivity contribution in [3.05, 3.63) is 28.2 Å². The van der Waals surface area contributed by atoms with E-state index in [0.29, 0.717) is 10.8 Å². The summed E-state index contributed by atoms with van der Waals surface area (Å²) in [5, 5.41) is 9.11. The van der Waals surface area contributed by atoms with Crippen LogP contribution in [-0.2, 0) is 0 Å². The lowest BCUT2D eigenvalue weighted by Crippen LogP contribution is -2.00. The van der Waals surface area contributed by atoms with Crippen molar-refractivity contribution < 1.29 is 9.90 Å². The third-order valence-corrected chi connectivity index (χ3v) is 3.71. The van der Waals surface area contributed by atoms with Crippen LogP contribution in [0, 0.1) is 0 Å². The second-order valence-corrected chi connectivity index (χ2v) is 5.64. The number of hydrogen-bond donors (Lipinski definition) is 1. The number of hydrogen-bond acceptors (Lipinski definition) is 3. The van der Waals surface area contributed by atoms with Gasteiger partial charge in [-0.05, 0) is 24.6 Å². The Bertz CT molecular complexity index is 341. The zero-order chi connectivity index (χ0) is 11.3. The SMILES string of the molecule is CC(CCO)Sc1cc(Br)ccc1C=O. The standard InChI is InChI=1S/C11H13BrO2S/c1-8(4-5-13)15-11-6-10(12)3-2-9(11)7-14/h2-3,6-8,13H,4-5H2,1H3. The number of carbonyl (C=O) groups excluding carboxylic acids is 1. The molecule has 0 saturated carbocycles. The van der Waals surface area contributed by atoms with Crippen molar-refractivity contribution in [2.45, 2.75) is 23.5 Å². The molecule has 2 nitrogen and oxygen atoms in total. The maximum absolute atomic E-state index is 10.8. The van der Waals surface area contributed by atoms with E-state index >= 15 is 0 Å². The molecule has 0 aromatic heterocycles. The van der Waals surface area contributed by atoms with Crippen LogP contribution in [-0.4, -0.2) is 23.2 Å². The molecular formula is C11H13BrO2S. The van der Waals surface area contributed by atoms with Crippen LogP contribution in [0.5, 0.6) is 0 Å². The van der Waals surface area contributed by atoms with Gasteiger partial charge in [0.2, 0.25) is 0 Å². The van der Waals surface area contributed by atoms with E-state index in [1.165, 1.54) is 0 Å². The van der Waals surface area contributed by atoms with Crippen LogP contribution in [0.15, 0.2) is 27.6 Å². The van der Waals surface area contributed by atoms with Gasteiger partial charge in [-0.15, -0.1) is 11.8 Å². The Morgan fingerprint density at radius 3 is 2.93 bits per heavy atom. The van der Waals surface area contributed by atoms with Crippen LogP contribution in [0.2, 0.25) is 0 Å². The van der Waals surface area contributed by atoms with Gasteiger partial charge < -0.3 is 5.11 Å². The van der Waals surface area contributed by atoms with E-state index in [1.54, 1.807) is 17.8 Å². The molecular weight excluding hydrogens is 276 g/mol. The molecule has 4 heteroatoms. The first-order valence-electron chi connectivity index (χ1n) is 4.69. The van der Waals surface area contributed by atoms with Gasteiger partial charge in [0.1, 0.15) is 0 Å². The molecule has 0 aliphatic heterocycles. The molecule has 82 valence electrons. The van der Waals surface area contributed by atoms with Gasteiger partial charge in [0, 0.05) is 26.8 Å². The zero-order valence-electron chi connectivity index (χ0n) is 8.44. The quantitative estimate of drug-likeness (QED) is 0.668. The number of halogens is 1. The molecule has 0 radical (unpaired) electrons. The van der Waals surface area contributed by atoms with Crippen molar-refractivity contribution in [3.8, 4) is 0 Å². The number of rotatable bonds is 5. The van der Waals surface area contributed by atoms with Crippen LogP contribution >= 0.6 is 27.7 Å². The smallest absolute Gasteiger partial charge is 0.151 e. The number of benzene rings is 1. The summed E-state index contributed by atoms with van der Waals surface area (Å²) < 4.78 is 0.965. The first kappa shape index (κ1) is 12.7. The predicted octanol–water partition coefficient (Wildman–Crippen LogP) is 3.12. The largest absolute Gasteiger partial charge is 0.396 e. The van der Waals surface area contributed by atoms with Gasteiger partial charge in [0.05, 0.1) is 0 Å². The van der Waals surface area contributed by atoms with E-state index in [9.17, 15) is 4.79 Å². The van der Waals surface area contributed by atoms with Crippen LogP contribution in [0.4, 0.5) is 0 Å². The van der Waals surface area contributed by atoms with Crippen LogP contribution in [0.3, 0.4) is 0 Å². The third-order valence-electron chi connectivity index (χ3n) is 1.97. The fourth-order valence-corrected chi connectivity index (χ4v) is 2.78. The molecule has 1 atom stereocenters. The van der Waals surface area contributed by atoms with Crippen molar-refractivity contribution in [2.75, 3.05) is 6.61 Å². The molecule has 1 rings (SSSR count). The molecule has 0 bridgehead atoms. The highest BCUT2D eigenvalue weighted by Gasteiger charge is 2.08. The Balaban J connectivity index is 2.82. The van der Waals surface area contributed by atoms with Gasteiger partial charge >= 0.3 is 0 Å². The lowest BCUT2D eigenvalue weighted by atomic mass is 10.2. The molecule has 1 aromatic carbocycles. The average Bonchev–Trinajstić information content (AvgIpc) is 2.18. The highest BCUT2D eigenvalue weighted by atomic mass is 79.9. The third kappa shape index (κ3) is 3.97. The number of carbonyl (C=O) groups is 1. The zero-order valence-corrected chi connectivity index (χ0v) is 10.8. The van der Waals surface area contributed by atoms with E-state index in [2.05, 4.69) is 15.9 Å². The molecule has 1 N–H and O–H groups in total. The van der Waals surface area contributed by atoms with E-state index in [0.717, 1.165) is 22.1 Å². The predicted molar refractivity (Wildman–Crippen MR) is 66.6 cm³/mol. The van der Waals surface area contributed by atoms with E-state index in [1.807, 2.05) is 19.1 Å². The monoisotopic (exact) mass is 288 g/mol. The molecule has 15 heavy (non-hydrogen) atoms. The Morgan fingerprint density at radius 2 is 2.33 bits per heavy atom. The molecule has 0 spiro atoms. The summed E-state index contributed by atoms with van der Waals surface area (Å²) in [6.07, 6.45) is 1.59. The summed E-state index contributed by atoms with van der Waals surface area (Å²) in [5.74, 6) is 0. The Hall–Kier alpha value is -0.320. The maximum Gasteiger partial charge on any atom is 0.151 e. The van der Waals surface area contributed by atoms with Crippen molar-refractivity contribution in [1.29, 1.82) is 0 Å². The first-order chi connectivity index (χ1) is 7.17. The lowest BCUT2D eigenvalue weighted by Gasteiger charge is -2.11. The van der Waals surface area contributed by atoms with Crippen molar-refractivity contribution in [1.82, 2.24) is 0 Å². The van der Waals surface area contributed by atoms with Gasteiger partial charge in [0.25, 0.3) is 0 Å². The second kappa shape index (κ2) is 6.30. The lowest BCUT2D eigenvalue weighted by molar-refractivity contribution is 0.112. The molecule has 1 aromatic rings. The Kier molecular flexibility index (Phi) is 5.36. The molecule has 0 aliphatic rings. The Morgan fingerprint density at radius 1 is 1.60 bits per heavy atom. The topological polar surface area (TPSA) is 37.3 Å². The summed E-state index contributed by atoms with van der Waals surface area (Å²) in [6.45, 7) is 2.22. The van der Waals surface area contributed by atoms with Gasteiger partial charge in [-0.25, -0.2) is 0 Å². The summed E-state index contributed by atoms with van der Waals surface area (Å²) in [4.78, 5) is 11.8. The fraction of sp³-hybridized carbons (Fsp3) is 0.364. The molecule has 1 unspecified atom stereocenters. The number of aliphatic hydroxyl groups is 1. The van der Waals surface area contributed by atoms with E-state index < -0.39 is 0 Å². The second-order valence-electron chi connectivity index (χ2n) is 3.24. The van der Waals surface area contributed by atoms with Crippen molar-refractivity contribution in [2.24, 2.45) is 0 Å². The summed E-state index contributed by atoms with van der Waals surface area (Å²) >= 11 is 4.99. The van der Waals surface area contributed by atoms with Gasteiger partial charge in [-0.1, -0.05) is 22.9 Å². The molecule has 0 heterocycles. The average molecular weight is 289 g/mol. The minimum Gasteiger partial charge on any atom is -0.396 e. The Labute approximate surface area is 102 Å². The van der Waals surface area contributed by atoms with Gasteiger partial charge in [-0.3, -0.25) is 4.79 Å². The van der Waals surface area contributed by atoms with Gasteiger partial charge in [-0.2, -0.15) is 0 Å². The normalized spacial score (nSPS) is 12.5. The van der Waals surface area contributed by atoms with Crippen molar-refractivity contribution >= 4 is 34.0 Å². The van der Waals surface area contributed by atoms with E-state index in [4.69, 9.17) is 5.11 Å². The van der Waals surface area contributed by atoms with Gasteiger partial charge in [0.15, 0.2) is 6.29 Å². The number of aliphatic hydroxyl groups excluding tert-OH is 1. The van der Waals surface area contributed by atoms with Crippen LogP contribution in [0.1, 0.15) is 23.7 Å². The molecule has 0 saturated heterocycles. The minimum atomic E-state index is 0.179. The molecule has 0 fully saturated rings. The minimum absolute atomic E-state index is 0.179. The number of thioether (sulfide) groups is 1. The number of aldehydes is 1. The summed E-state index contributed by atoms with van der Waals surface area (Å²) in [7, 11) is 0. The maximum atomic E-state index is 10.8. The summed E-state index contributed by atoms with van der Waals surface area (Å²) in [5.41, 5.74) is 0.702. The summed E-state index contributed by atoms with van der Waals surface area (Å²) in [6, 6.07) is 5.58. The van der Waals surface area contributed by atoms with E-state index in [-0.39, 0.29) is 6.61 Å². The van der Waals surface area contributed by atoms with Crippen LogP contribution in [0.25, 0.3) is 0 Å². The highest BCUT2D eigenvalue weighted by molar-refractivity contribution is 9.10. The van der Waals surface area contributed by atoms with Crippen LogP contribution < -0.4 is 0 Å².